The lowest BCUT2D eigenvalue weighted by atomic mass is 9.94. The van der Waals surface area contributed by atoms with Crippen LogP contribution in [0.25, 0.3) is 0 Å². The summed E-state index contributed by atoms with van der Waals surface area (Å²) < 4.78 is 0. The highest BCUT2D eigenvalue weighted by atomic mass is 15.1. The van der Waals surface area contributed by atoms with Crippen LogP contribution in [0.3, 0.4) is 0 Å². The van der Waals surface area contributed by atoms with E-state index in [-0.39, 0.29) is 0 Å². The molecule has 1 atom stereocenters. The van der Waals surface area contributed by atoms with E-state index in [0.29, 0.717) is 5.92 Å². The Hall–Kier alpha value is -1.80. The molecular weight excluding hydrogens is 256 g/mol. The van der Waals surface area contributed by atoms with Crippen LogP contribution in [-0.4, -0.2) is 20.1 Å². The summed E-state index contributed by atoms with van der Waals surface area (Å²) in [5.41, 5.74) is 5.68. The number of nitrogens with zero attached hydrogens (tertiary/aromatic N) is 1. The first-order valence-corrected chi connectivity index (χ1v) is 7.82. The Morgan fingerprint density at radius 1 is 1.14 bits per heavy atom. The van der Waals surface area contributed by atoms with Crippen molar-refractivity contribution in [2.45, 2.75) is 25.8 Å². The van der Waals surface area contributed by atoms with Crippen LogP contribution in [0.5, 0.6) is 0 Å². The average Bonchev–Trinajstić information content (AvgIpc) is 2.70. The van der Waals surface area contributed by atoms with E-state index in [0.717, 1.165) is 26.1 Å². The van der Waals surface area contributed by atoms with Crippen LogP contribution in [0.4, 0.5) is 5.69 Å². The first-order chi connectivity index (χ1) is 10.2. The molecule has 0 aromatic heterocycles. The summed E-state index contributed by atoms with van der Waals surface area (Å²) in [5, 5.41) is 3.52. The molecular formula is C19H24N2. The summed E-state index contributed by atoms with van der Waals surface area (Å²) in [6, 6.07) is 17.6. The van der Waals surface area contributed by atoms with Gasteiger partial charge in [0.15, 0.2) is 0 Å². The summed E-state index contributed by atoms with van der Waals surface area (Å²) in [4.78, 5) is 2.33. The molecule has 0 saturated heterocycles. The number of fused-ring (bicyclic) bond motifs is 1. The number of benzene rings is 2. The van der Waals surface area contributed by atoms with Crippen LogP contribution in [-0.2, 0) is 13.0 Å². The zero-order valence-corrected chi connectivity index (χ0v) is 13.0. The van der Waals surface area contributed by atoms with Gasteiger partial charge in [-0.2, -0.15) is 0 Å². The maximum Gasteiger partial charge on any atom is 0.0426 e. The van der Waals surface area contributed by atoms with E-state index in [2.05, 4.69) is 72.7 Å². The molecule has 0 radical (unpaired) electrons. The van der Waals surface area contributed by atoms with Gasteiger partial charge in [0.25, 0.3) is 0 Å². The smallest absolute Gasteiger partial charge is 0.0426 e. The van der Waals surface area contributed by atoms with Crippen molar-refractivity contribution in [3.8, 4) is 0 Å². The van der Waals surface area contributed by atoms with E-state index in [9.17, 15) is 0 Å². The zero-order valence-electron chi connectivity index (χ0n) is 13.0. The van der Waals surface area contributed by atoms with E-state index in [1.165, 1.54) is 22.4 Å². The van der Waals surface area contributed by atoms with Gasteiger partial charge in [0, 0.05) is 25.8 Å². The second-order valence-corrected chi connectivity index (χ2v) is 6.08. The molecule has 1 aliphatic heterocycles. The van der Waals surface area contributed by atoms with Gasteiger partial charge in [-0.05, 0) is 47.7 Å². The number of nitrogens with one attached hydrogen (secondary N) is 1. The second-order valence-electron chi connectivity index (χ2n) is 6.08. The minimum atomic E-state index is 0.590. The number of hydrogen-bond donors (Lipinski definition) is 1. The van der Waals surface area contributed by atoms with Crippen molar-refractivity contribution in [2.75, 3.05) is 25.0 Å². The monoisotopic (exact) mass is 280 g/mol. The van der Waals surface area contributed by atoms with Crippen LogP contribution in [0.15, 0.2) is 48.5 Å². The Morgan fingerprint density at radius 2 is 1.95 bits per heavy atom. The minimum Gasteiger partial charge on any atom is -0.370 e. The van der Waals surface area contributed by atoms with Gasteiger partial charge in [-0.25, -0.2) is 0 Å². The predicted molar refractivity (Wildman–Crippen MR) is 90.0 cm³/mol. The summed E-state index contributed by atoms with van der Waals surface area (Å²) in [7, 11) is 2.17. The summed E-state index contributed by atoms with van der Waals surface area (Å²) in [5.74, 6) is 0.590. The molecule has 2 nitrogen and oxygen atoms in total. The van der Waals surface area contributed by atoms with Crippen molar-refractivity contribution in [3.63, 3.8) is 0 Å². The molecule has 1 N–H and O–H groups in total. The van der Waals surface area contributed by atoms with Crippen molar-refractivity contribution in [1.29, 1.82) is 0 Å². The van der Waals surface area contributed by atoms with Crippen molar-refractivity contribution in [2.24, 2.45) is 0 Å². The Kier molecular flexibility index (Phi) is 4.26. The molecule has 0 spiro atoms. The van der Waals surface area contributed by atoms with Gasteiger partial charge >= 0.3 is 0 Å². The molecule has 0 fully saturated rings. The molecule has 21 heavy (non-hydrogen) atoms. The van der Waals surface area contributed by atoms with E-state index in [4.69, 9.17) is 0 Å². The molecule has 2 aromatic rings. The maximum atomic E-state index is 3.52. The lowest BCUT2D eigenvalue weighted by Gasteiger charge is -2.22. The maximum absolute atomic E-state index is 3.52. The van der Waals surface area contributed by atoms with Crippen LogP contribution in [0.1, 0.15) is 29.5 Å². The van der Waals surface area contributed by atoms with Crippen molar-refractivity contribution < 1.29 is 0 Å². The highest BCUT2D eigenvalue weighted by molar-refractivity contribution is 5.52. The van der Waals surface area contributed by atoms with Crippen molar-refractivity contribution in [3.05, 3.63) is 65.2 Å². The van der Waals surface area contributed by atoms with Crippen molar-refractivity contribution >= 4 is 5.69 Å². The Labute approximate surface area is 127 Å². The summed E-state index contributed by atoms with van der Waals surface area (Å²) >= 11 is 0. The fourth-order valence-corrected chi connectivity index (χ4v) is 3.11. The van der Waals surface area contributed by atoms with Crippen LogP contribution < -0.4 is 10.2 Å². The first-order valence-electron chi connectivity index (χ1n) is 7.82. The fourth-order valence-electron chi connectivity index (χ4n) is 3.11. The minimum absolute atomic E-state index is 0.590. The first kappa shape index (κ1) is 14.2. The molecule has 1 aliphatic rings. The molecule has 0 unspecified atom stereocenters. The largest absolute Gasteiger partial charge is 0.370 e. The van der Waals surface area contributed by atoms with Gasteiger partial charge in [0.2, 0.25) is 0 Å². The number of anilines is 1. The van der Waals surface area contributed by atoms with Crippen LogP contribution >= 0.6 is 0 Å². The van der Waals surface area contributed by atoms with Gasteiger partial charge in [0.1, 0.15) is 0 Å². The van der Waals surface area contributed by atoms with E-state index in [1.54, 1.807) is 0 Å². The quantitative estimate of drug-likeness (QED) is 0.924. The molecule has 2 heteroatoms. The lowest BCUT2D eigenvalue weighted by molar-refractivity contribution is 0.644. The molecule has 0 aliphatic carbocycles. The standard InChI is InChI=1S/C19H24N2/c1-15-13-20-11-10-17-8-9-18(12-19(15)17)21(2)14-16-6-4-3-5-7-16/h3-9,12,15,20H,10-11,13-14H2,1-2H3/t15-/m1/s1. The zero-order chi connectivity index (χ0) is 14.7. The summed E-state index contributed by atoms with van der Waals surface area (Å²) in [6.07, 6.45) is 1.14. The normalized spacial score (nSPS) is 17.9. The topological polar surface area (TPSA) is 15.3 Å². The molecule has 0 amide bonds. The predicted octanol–water partition coefficient (Wildman–Crippen LogP) is 3.57. The molecule has 0 saturated carbocycles. The molecule has 2 aromatic carbocycles. The van der Waals surface area contributed by atoms with E-state index < -0.39 is 0 Å². The summed E-state index contributed by atoms with van der Waals surface area (Å²) in [6.45, 7) is 5.44. The molecule has 1 heterocycles. The Morgan fingerprint density at radius 3 is 2.76 bits per heavy atom. The highest BCUT2D eigenvalue weighted by Crippen LogP contribution is 2.27. The third kappa shape index (κ3) is 3.27. The lowest BCUT2D eigenvalue weighted by Crippen LogP contribution is -2.19. The Bertz CT molecular complexity index is 592. The van der Waals surface area contributed by atoms with Crippen LogP contribution in [0.2, 0.25) is 0 Å². The Balaban J connectivity index is 1.82. The van der Waals surface area contributed by atoms with E-state index >= 15 is 0 Å². The van der Waals surface area contributed by atoms with Gasteiger partial charge in [-0.3, -0.25) is 0 Å². The van der Waals surface area contributed by atoms with Gasteiger partial charge < -0.3 is 10.2 Å². The SMILES string of the molecule is C[C@@H]1CNCCc2ccc(N(C)Cc3ccccc3)cc21. The molecule has 110 valence electrons. The highest BCUT2D eigenvalue weighted by Gasteiger charge is 2.15. The van der Waals surface area contributed by atoms with E-state index in [1.807, 2.05) is 0 Å². The molecule has 3 rings (SSSR count). The second kappa shape index (κ2) is 6.31. The fraction of sp³-hybridized carbons (Fsp3) is 0.368. The third-order valence-corrected chi connectivity index (χ3v) is 4.39. The average molecular weight is 280 g/mol. The van der Waals surface area contributed by atoms with Crippen LogP contribution in [0, 0.1) is 0 Å². The van der Waals surface area contributed by atoms with Gasteiger partial charge in [0.05, 0.1) is 0 Å². The van der Waals surface area contributed by atoms with Gasteiger partial charge in [-0.1, -0.05) is 43.3 Å². The number of hydrogen-bond acceptors (Lipinski definition) is 2. The number of rotatable bonds is 3. The third-order valence-electron chi connectivity index (χ3n) is 4.39. The molecule has 0 bridgehead atoms. The van der Waals surface area contributed by atoms with Gasteiger partial charge in [-0.15, -0.1) is 0 Å². The van der Waals surface area contributed by atoms with Crippen molar-refractivity contribution in [1.82, 2.24) is 5.32 Å².